The number of benzene rings is 1. The molecule has 0 radical (unpaired) electrons. The standard InChI is InChI=1S/C16H16F2N4O3S2/c1-25-15-9(5-14(17)18)7-20-16(21-15)22-27(23,24)13-8-19-12-6-10(26-2)3-4-11(12)13/h3-4,6-8,14,19H,5H2,1-2H3,(H,20,21,22). The van der Waals surface area contributed by atoms with Gasteiger partial charge in [-0.05, 0) is 18.4 Å². The second kappa shape index (κ2) is 7.69. The Morgan fingerprint density at radius 1 is 1.37 bits per heavy atom. The van der Waals surface area contributed by atoms with Gasteiger partial charge in [0.15, 0.2) is 0 Å². The van der Waals surface area contributed by atoms with E-state index >= 15 is 0 Å². The van der Waals surface area contributed by atoms with Crippen LogP contribution < -0.4 is 9.46 Å². The number of rotatable bonds is 7. The van der Waals surface area contributed by atoms with Gasteiger partial charge in [-0.1, -0.05) is 6.07 Å². The minimum atomic E-state index is -3.99. The fourth-order valence-electron chi connectivity index (χ4n) is 2.53. The van der Waals surface area contributed by atoms with E-state index < -0.39 is 22.9 Å². The molecular formula is C16H16F2N4O3S2. The topological polar surface area (TPSA) is 97.0 Å². The number of anilines is 1. The largest absolute Gasteiger partial charge is 0.481 e. The third kappa shape index (κ3) is 4.14. The van der Waals surface area contributed by atoms with E-state index in [1.54, 1.807) is 17.8 Å². The van der Waals surface area contributed by atoms with Crippen LogP contribution in [0.15, 0.2) is 40.4 Å². The zero-order valence-electron chi connectivity index (χ0n) is 14.4. The van der Waals surface area contributed by atoms with Crippen molar-refractivity contribution in [2.24, 2.45) is 0 Å². The molecule has 11 heteroatoms. The van der Waals surface area contributed by atoms with Crippen LogP contribution in [0.4, 0.5) is 14.7 Å². The van der Waals surface area contributed by atoms with Crippen molar-refractivity contribution in [1.82, 2.24) is 15.0 Å². The number of ether oxygens (including phenoxy) is 1. The third-order valence-electron chi connectivity index (χ3n) is 3.76. The predicted octanol–water partition coefficient (Wildman–Crippen LogP) is 3.30. The number of aromatic nitrogens is 3. The Labute approximate surface area is 158 Å². The number of fused-ring (bicyclic) bond motifs is 1. The minimum absolute atomic E-state index is 0.0318. The van der Waals surface area contributed by atoms with Crippen molar-refractivity contribution < 1.29 is 21.9 Å². The molecule has 0 aliphatic rings. The second-order valence-electron chi connectivity index (χ2n) is 5.49. The molecule has 0 aliphatic heterocycles. The van der Waals surface area contributed by atoms with Gasteiger partial charge < -0.3 is 9.72 Å². The van der Waals surface area contributed by atoms with Crippen molar-refractivity contribution in [3.63, 3.8) is 0 Å². The minimum Gasteiger partial charge on any atom is -0.481 e. The van der Waals surface area contributed by atoms with Crippen LogP contribution in [-0.4, -0.2) is 43.2 Å². The summed E-state index contributed by atoms with van der Waals surface area (Å²) in [6.45, 7) is 0. The molecule has 0 bridgehead atoms. The van der Waals surface area contributed by atoms with Crippen molar-refractivity contribution >= 4 is 38.6 Å². The number of halogens is 2. The lowest BCUT2D eigenvalue weighted by molar-refractivity contribution is 0.147. The SMILES string of the molecule is COc1nc(NS(=O)(=O)c2c[nH]c3cc(SC)ccc23)ncc1CC(F)F. The summed E-state index contributed by atoms with van der Waals surface area (Å²) in [4.78, 5) is 11.6. The van der Waals surface area contributed by atoms with Crippen molar-refractivity contribution in [2.75, 3.05) is 18.1 Å². The van der Waals surface area contributed by atoms with Gasteiger partial charge in [0.05, 0.1) is 7.11 Å². The first-order valence-corrected chi connectivity index (χ1v) is 10.4. The highest BCUT2D eigenvalue weighted by Crippen LogP contribution is 2.28. The number of nitrogens with one attached hydrogen (secondary N) is 2. The third-order valence-corrected chi connectivity index (χ3v) is 5.85. The van der Waals surface area contributed by atoms with Crippen molar-refractivity contribution in [1.29, 1.82) is 0 Å². The first kappa shape index (κ1) is 19.4. The molecule has 0 saturated carbocycles. The van der Waals surface area contributed by atoms with Gasteiger partial charge >= 0.3 is 0 Å². The van der Waals surface area contributed by atoms with E-state index in [-0.39, 0.29) is 22.3 Å². The van der Waals surface area contributed by atoms with Gasteiger partial charge in [0.1, 0.15) is 4.90 Å². The molecule has 7 nitrogen and oxygen atoms in total. The van der Waals surface area contributed by atoms with E-state index in [1.165, 1.54) is 13.3 Å². The monoisotopic (exact) mass is 414 g/mol. The van der Waals surface area contributed by atoms with Crippen LogP contribution in [-0.2, 0) is 16.4 Å². The van der Waals surface area contributed by atoms with Gasteiger partial charge in [-0.3, -0.25) is 0 Å². The summed E-state index contributed by atoms with van der Waals surface area (Å²) in [6.07, 6.45) is 1.24. The van der Waals surface area contributed by atoms with Crippen LogP contribution in [0.3, 0.4) is 0 Å². The first-order valence-electron chi connectivity index (χ1n) is 7.70. The van der Waals surface area contributed by atoms with E-state index in [0.29, 0.717) is 10.9 Å². The highest BCUT2D eigenvalue weighted by Gasteiger charge is 2.22. The molecule has 27 heavy (non-hydrogen) atoms. The van der Waals surface area contributed by atoms with Crippen LogP contribution in [0.5, 0.6) is 5.88 Å². The lowest BCUT2D eigenvalue weighted by Gasteiger charge is -2.10. The van der Waals surface area contributed by atoms with E-state index in [9.17, 15) is 17.2 Å². The average molecular weight is 414 g/mol. The smallest absolute Gasteiger partial charge is 0.266 e. The average Bonchev–Trinajstić information content (AvgIpc) is 3.06. The molecule has 2 aromatic heterocycles. The number of nitrogens with zero attached hydrogens (tertiary/aromatic N) is 2. The maximum Gasteiger partial charge on any atom is 0.266 e. The van der Waals surface area contributed by atoms with Crippen molar-refractivity contribution in [3.8, 4) is 5.88 Å². The highest BCUT2D eigenvalue weighted by molar-refractivity contribution is 7.98. The van der Waals surface area contributed by atoms with Gasteiger partial charge in [-0.25, -0.2) is 26.9 Å². The number of hydrogen-bond donors (Lipinski definition) is 2. The normalized spacial score (nSPS) is 11.9. The number of alkyl halides is 2. The van der Waals surface area contributed by atoms with Crippen LogP contribution in [0, 0.1) is 0 Å². The Morgan fingerprint density at radius 2 is 2.15 bits per heavy atom. The lowest BCUT2D eigenvalue weighted by atomic mass is 10.2. The molecule has 0 unspecified atom stereocenters. The van der Waals surface area contributed by atoms with Crippen LogP contribution in [0.25, 0.3) is 10.9 Å². The Hall–Kier alpha value is -2.40. The molecule has 3 aromatic rings. The number of H-pyrrole nitrogens is 1. The van der Waals surface area contributed by atoms with Crippen molar-refractivity contribution in [2.45, 2.75) is 22.6 Å². The molecule has 0 saturated heterocycles. The Balaban J connectivity index is 1.93. The fourth-order valence-corrected chi connectivity index (χ4v) is 4.10. The number of methoxy groups -OCH3 is 1. The molecule has 0 fully saturated rings. The number of thioether (sulfide) groups is 1. The molecule has 0 aliphatic carbocycles. The molecule has 0 atom stereocenters. The van der Waals surface area contributed by atoms with Gasteiger partial charge in [-0.2, -0.15) is 4.98 Å². The summed E-state index contributed by atoms with van der Waals surface area (Å²) in [6, 6.07) is 5.37. The molecule has 2 N–H and O–H groups in total. The van der Waals surface area contributed by atoms with Crippen LogP contribution in [0.2, 0.25) is 0 Å². The van der Waals surface area contributed by atoms with Crippen LogP contribution in [0.1, 0.15) is 5.56 Å². The maximum absolute atomic E-state index is 12.7. The fraction of sp³-hybridized carbons (Fsp3) is 0.250. The zero-order chi connectivity index (χ0) is 19.6. The summed E-state index contributed by atoms with van der Waals surface area (Å²) >= 11 is 1.54. The Bertz CT molecular complexity index is 1070. The van der Waals surface area contributed by atoms with Gasteiger partial charge in [0, 0.05) is 40.2 Å². The molecule has 0 spiro atoms. The number of sulfonamides is 1. The van der Waals surface area contributed by atoms with E-state index in [2.05, 4.69) is 19.7 Å². The summed E-state index contributed by atoms with van der Waals surface area (Å²) in [5.41, 5.74) is 0.764. The van der Waals surface area contributed by atoms with Crippen LogP contribution >= 0.6 is 11.8 Å². The summed E-state index contributed by atoms with van der Waals surface area (Å²) in [5.74, 6) is -0.369. The zero-order valence-corrected chi connectivity index (χ0v) is 16.0. The predicted molar refractivity (Wildman–Crippen MR) is 99.2 cm³/mol. The molecule has 3 rings (SSSR count). The number of hydrogen-bond acceptors (Lipinski definition) is 6. The number of aromatic amines is 1. The van der Waals surface area contributed by atoms with E-state index in [4.69, 9.17) is 4.74 Å². The van der Waals surface area contributed by atoms with Crippen molar-refractivity contribution in [3.05, 3.63) is 36.2 Å². The molecule has 144 valence electrons. The maximum atomic E-state index is 12.7. The molecule has 2 heterocycles. The van der Waals surface area contributed by atoms with E-state index in [1.807, 2.05) is 18.4 Å². The second-order valence-corrected chi connectivity index (χ2v) is 8.02. The molecule has 0 amide bonds. The Morgan fingerprint density at radius 3 is 2.81 bits per heavy atom. The molecular weight excluding hydrogens is 398 g/mol. The summed E-state index contributed by atoms with van der Waals surface area (Å²) < 4.78 is 57.8. The van der Waals surface area contributed by atoms with Gasteiger partial charge in [-0.15, -0.1) is 11.8 Å². The van der Waals surface area contributed by atoms with E-state index in [0.717, 1.165) is 11.1 Å². The quantitative estimate of drug-likeness (QED) is 0.576. The first-order chi connectivity index (χ1) is 12.8. The highest BCUT2D eigenvalue weighted by atomic mass is 32.2. The summed E-state index contributed by atoms with van der Waals surface area (Å²) in [5, 5.41) is 0.515. The Kier molecular flexibility index (Phi) is 5.51. The van der Waals surface area contributed by atoms with Gasteiger partial charge in [0.2, 0.25) is 18.3 Å². The summed E-state index contributed by atoms with van der Waals surface area (Å²) in [7, 11) is -2.73. The molecule has 1 aromatic carbocycles. The lowest BCUT2D eigenvalue weighted by Crippen LogP contribution is -2.15. The van der Waals surface area contributed by atoms with Gasteiger partial charge in [0.25, 0.3) is 10.0 Å².